The molecule has 0 spiro atoms. The predicted molar refractivity (Wildman–Crippen MR) is 76.7 cm³/mol. The van der Waals surface area contributed by atoms with E-state index in [1.165, 1.54) is 0 Å². The van der Waals surface area contributed by atoms with Gasteiger partial charge in [-0.2, -0.15) is 0 Å². The molecule has 4 nitrogen and oxygen atoms in total. The first-order chi connectivity index (χ1) is 9.02. The Morgan fingerprint density at radius 3 is 2.74 bits per heavy atom. The lowest BCUT2D eigenvalue weighted by atomic mass is 10.2. The van der Waals surface area contributed by atoms with Crippen LogP contribution in [-0.4, -0.2) is 31.5 Å². The first-order valence-corrected chi connectivity index (χ1v) is 6.35. The first kappa shape index (κ1) is 15.5. The highest BCUT2D eigenvalue weighted by Gasteiger charge is 2.06. The van der Waals surface area contributed by atoms with Crippen LogP contribution < -0.4 is 14.8 Å². The van der Waals surface area contributed by atoms with Crippen molar-refractivity contribution in [2.45, 2.75) is 26.5 Å². The SMILES string of the molecule is C=C(C)COc1ccc(CNCC(C)O)cc1OC. The van der Waals surface area contributed by atoms with E-state index >= 15 is 0 Å². The number of hydrogen-bond acceptors (Lipinski definition) is 4. The van der Waals surface area contributed by atoms with Gasteiger partial charge in [0.05, 0.1) is 13.2 Å². The summed E-state index contributed by atoms with van der Waals surface area (Å²) in [7, 11) is 1.62. The molecule has 0 aliphatic carbocycles. The number of rotatable bonds is 8. The monoisotopic (exact) mass is 265 g/mol. The molecule has 0 fully saturated rings. The van der Waals surface area contributed by atoms with Gasteiger partial charge in [-0.3, -0.25) is 0 Å². The van der Waals surface area contributed by atoms with E-state index in [9.17, 15) is 5.11 Å². The summed E-state index contributed by atoms with van der Waals surface area (Å²) in [5, 5.41) is 12.3. The van der Waals surface area contributed by atoms with Crippen molar-refractivity contribution in [3.05, 3.63) is 35.9 Å². The van der Waals surface area contributed by atoms with Crippen LogP contribution in [0, 0.1) is 0 Å². The highest BCUT2D eigenvalue weighted by atomic mass is 16.5. The van der Waals surface area contributed by atoms with E-state index in [2.05, 4.69) is 11.9 Å². The van der Waals surface area contributed by atoms with E-state index in [1.807, 2.05) is 25.1 Å². The molecule has 0 heterocycles. The Morgan fingerprint density at radius 2 is 2.16 bits per heavy atom. The van der Waals surface area contributed by atoms with Crippen molar-refractivity contribution < 1.29 is 14.6 Å². The number of methoxy groups -OCH3 is 1. The third-order valence-electron chi connectivity index (χ3n) is 2.47. The van der Waals surface area contributed by atoms with Gasteiger partial charge in [-0.15, -0.1) is 0 Å². The Kier molecular flexibility index (Phi) is 6.39. The van der Waals surface area contributed by atoms with Crippen LogP contribution in [-0.2, 0) is 6.54 Å². The molecule has 106 valence electrons. The molecular formula is C15H23NO3. The second kappa shape index (κ2) is 7.81. The van der Waals surface area contributed by atoms with Gasteiger partial charge >= 0.3 is 0 Å². The molecule has 0 saturated carbocycles. The lowest BCUT2D eigenvalue weighted by molar-refractivity contribution is 0.191. The van der Waals surface area contributed by atoms with Crippen LogP contribution in [0.4, 0.5) is 0 Å². The number of aliphatic hydroxyl groups is 1. The fourth-order valence-electron chi connectivity index (χ4n) is 1.57. The first-order valence-electron chi connectivity index (χ1n) is 6.35. The summed E-state index contributed by atoms with van der Waals surface area (Å²) in [6.45, 7) is 9.20. The summed E-state index contributed by atoms with van der Waals surface area (Å²) in [5.41, 5.74) is 2.05. The summed E-state index contributed by atoms with van der Waals surface area (Å²) >= 11 is 0. The molecule has 1 rings (SSSR count). The molecule has 1 aromatic rings. The molecule has 0 saturated heterocycles. The van der Waals surface area contributed by atoms with Crippen molar-refractivity contribution in [2.24, 2.45) is 0 Å². The molecule has 0 aromatic heterocycles. The summed E-state index contributed by atoms with van der Waals surface area (Å²) in [5.74, 6) is 1.42. The van der Waals surface area contributed by atoms with Crippen LogP contribution in [0.15, 0.2) is 30.4 Å². The molecule has 1 atom stereocenters. The minimum Gasteiger partial charge on any atom is -0.493 e. The second-order valence-corrected chi connectivity index (χ2v) is 4.71. The van der Waals surface area contributed by atoms with Crippen molar-refractivity contribution in [3.8, 4) is 11.5 Å². The average Bonchev–Trinajstić information content (AvgIpc) is 2.36. The van der Waals surface area contributed by atoms with Crippen LogP contribution in [0.25, 0.3) is 0 Å². The Balaban J connectivity index is 2.64. The summed E-state index contributed by atoms with van der Waals surface area (Å²) in [6.07, 6.45) is -0.347. The number of hydrogen-bond donors (Lipinski definition) is 2. The maximum absolute atomic E-state index is 9.18. The molecule has 1 aromatic carbocycles. The quantitative estimate of drug-likeness (QED) is 0.707. The molecule has 19 heavy (non-hydrogen) atoms. The Morgan fingerprint density at radius 1 is 1.42 bits per heavy atom. The summed E-state index contributed by atoms with van der Waals surface area (Å²) < 4.78 is 10.9. The topological polar surface area (TPSA) is 50.7 Å². The molecule has 0 aliphatic heterocycles. The van der Waals surface area contributed by atoms with E-state index in [0.29, 0.717) is 31.2 Å². The lowest BCUT2D eigenvalue weighted by Gasteiger charge is -2.13. The zero-order valence-electron chi connectivity index (χ0n) is 11.9. The predicted octanol–water partition coefficient (Wildman–Crippen LogP) is 2.12. The number of ether oxygens (including phenoxy) is 2. The van der Waals surface area contributed by atoms with Gasteiger partial charge in [0.15, 0.2) is 11.5 Å². The van der Waals surface area contributed by atoms with E-state index in [1.54, 1.807) is 14.0 Å². The fourth-order valence-corrected chi connectivity index (χ4v) is 1.57. The molecule has 2 N–H and O–H groups in total. The van der Waals surface area contributed by atoms with E-state index in [0.717, 1.165) is 11.1 Å². The molecule has 0 bridgehead atoms. The minimum absolute atomic E-state index is 0.347. The Hall–Kier alpha value is -1.52. The third kappa shape index (κ3) is 5.77. The maximum Gasteiger partial charge on any atom is 0.161 e. The zero-order valence-corrected chi connectivity index (χ0v) is 11.9. The van der Waals surface area contributed by atoms with Gasteiger partial charge in [-0.25, -0.2) is 0 Å². The largest absolute Gasteiger partial charge is 0.493 e. The minimum atomic E-state index is -0.347. The van der Waals surface area contributed by atoms with Crippen molar-refractivity contribution >= 4 is 0 Å². The van der Waals surface area contributed by atoms with Crippen LogP contribution in [0.2, 0.25) is 0 Å². The lowest BCUT2D eigenvalue weighted by Crippen LogP contribution is -2.23. The van der Waals surface area contributed by atoms with Gasteiger partial charge in [0.1, 0.15) is 6.61 Å². The standard InChI is InChI=1S/C15H23NO3/c1-11(2)10-19-14-6-5-13(7-15(14)18-4)9-16-8-12(3)17/h5-7,12,16-17H,1,8-10H2,2-4H3. The molecule has 1 unspecified atom stereocenters. The third-order valence-corrected chi connectivity index (χ3v) is 2.47. The average molecular weight is 265 g/mol. The zero-order chi connectivity index (χ0) is 14.3. The molecule has 0 aliphatic rings. The Bertz CT molecular complexity index is 416. The maximum atomic E-state index is 9.18. The van der Waals surface area contributed by atoms with Crippen molar-refractivity contribution in [2.75, 3.05) is 20.3 Å². The van der Waals surface area contributed by atoms with Crippen LogP contribution in [0.5, 0.6) is 11.5 Å². The van der Waals surface area contributed by atoms with Gasteiger partial charge in [0.25, 0.3) is 0 Å². The normalized spacial score (nSPS) is 12.0. The summed E-state index contributed by atoms with van der Waals surface area (Å²) in [6, 6.07) is 5.80. The number of benzene rings is 1. The molecule has 4 heteroatoms. The van der Waals surface area contributed by atoms with Crippen LogP contribution in [0.3, 0.4) is 0 Å². The van der Waals surface area contributed by atoms with Crippen LogP contribution >= 0.6 is 0 Å². The van der Waals surface area contributed by atoms with Gasteiger partial charge in [-0.1, -0.05) is 12.6 Å². The van der Waals surface area contributed by atoms with E-state index < -0.39 is 0 Å². The van der Waals surface area contributed by atoms with Crippen molar-refractivity contribution in [1.29, 1.82) is 0 Å². The number of nitrogens with one attached hydrogen (secondary N) is 1. The molecular weight excluding hydrogens is 242 g/mol. The van der Waals surface area contributed by atoms with Gasteiger partial charge in [-0.05, 0) is 37.1 Å². The summed E-state index contributed by atoms with van der Waals surface area (Å²) in [4.78, 5) is 0. The van der Waals surface area contributed by atoms with E-state index in [4.69, 9.17) is 9.47 Å². The molecule has 0 radical (unpaired) electrons. The fraction of sp³-hybridized carbons (Fsp3) is 0.467. The second-order valence-electron chi connectivity index (χ2n) is 4.71. The highest BCUT2D eigenvalue weighted by molar-refractivity contribution is 5.43. The van der Waals surface area contributed by atoms with E-state index in [-0.39, 0.29) is 6.10 Å². The number of aliphatic hydroxyl groups excluding tert-OH is 1. The highest BCUT2D eigenvalue weighted by Crippen LogP contribution is 2.28. The van der Waals surface area contributed by atoms with Gasteiger partial charge in [0, 0.05) is 13.1 Å². The van der Waals surface area contributed by atoms with Crippen molar-refractivity contribution in [3.63, 3.8) is 0 Å². The Labute approximate surface area is 115 Å². The van der Waals surface area contributed by atoms with Gasteiger partial charge in [0.2, 0.25) is 0 Å². The smallest absolute Gasteiger partial charge is 0.161 e. The van der Waals surface area contributed by atoms with Gasteiger partial charge < -0.3 is 19.9 Å². The van der Waals surface area contributed by atoms with Crippen LogP contribution in [0.1, 0.15) is 19.4 Å². The molecule has 0 amide bonds. The van der Waals surface area contributed by atoms with Crippen molar-refractivity contribution in [1.82, 2.24) is 5.32 Å².